The van der Waals surface area contributed by atoms with E-state index in [1.807, 2.05) is 13.8 Å². The van der Waals surface area contributed by atoms with E-state index in [1.54, 1.807) is 60.0 Å². The Bertz CT molecular complexity index is 1420. The van der Waals surface area contributed by atoms with E-state index in [2.05, 4.69) is 10.4 Å². The van der Waals surface area contributed by atoms with Crippen molar-refractivity contribution < 1.29 is 23.8 Å². The lowest BCUT2D eigenvalue weighted by molar-refractivity contribution is -0.0357. The number of aliphatic hydroxyl groups excluding tert-OH is 1. The number of amides is 2. The van der Waals surface area contributed by atoms with Crippen LogP contribution in [0.4, 0.5) is 0 Å². The highest BCUT2D eigenvalue weighted by Gasteiger charge is 2.38. The van der Waals surface area contributed by atoms with Crippen LogP contribution in [0.5, 0.6) is 11.5 Å². The smallest absolute Gasteiger partial charge is 0.256 e. The number of furan rings is 1. The third-order valence-electron chi connectivity index (χ3n) is 6.33. The van der Waals surface area contributed by atoms with Crippen LogP contribution in [0.1, 0.15) is 39.0 Å². The molecule has 0 aliphatic carbocycles. The fraction of sp³-hybridized carbons (Fsp3) is 0.292. The first-order valence-electron chi connectivity index (χ1n) is 10.7. The SMILES string of the molecule is CNC(=O)c1c(C)oc2cc(Oc3ccnn4cc(C(=O)N5C[C@H](O)[C@H]5C)c(C)c34)ccc12. The number of hydrogen-bond acceptors (Lipinski definition) is 6. The topological polar surface area (TPSA) is 109 Å². The molecule has 0 radical (unpaired) electrons. The number of rotatable bonds is 4. The molecule has 1 aromatic carbocycles. The molecule has 9 heteroatoms. The summed E-state index contributed by atoms with van der Waals surface area (Å²) in [6.07, 6.45) is 2.80. The Morgan fingerprint density at radius 2 is 2.06 bits per heavy atom. The molecule has 33 heavy (non-hydrogen) atoms. The van der Waals surface area contributed by atoms with E-state index in [4.69, 9.17) is 9.15 Å². The van der Waals surface area contributed by atoms with Gasteiger partial charge in [0, 0.05) is 37.3 Å². The summed E-state index contributed by atoms with van der Waals surface area (Å²) in [7, 11) is 1.58. The molecule has 4 aromatic rings. The molecular formula is C24H24N4O5. The Labute approximate surface area is 189 Å². The maximum absolute atomic E-state index is 13.0. The summed E-state index contributed by atoms with van der Waals surface area (Å²) >= 11 is 0. The second-order valence-electron chi connectivity index (χ2n) is 8.29. The number of hydrogen-bond donors (Lipinski definition) is 2. The fourth-order valence-corrected chi connectivity index (χ4v) is 4.33. The maximum Gasteiger partial charge on any atom is 0.256 e. The largest absolute Gasteiger partial charge is 0.460 e. The molecule has 1 fully saturated rings. The molecule has 0 bridgehead atoms. The van der Waals surface area contributed by atoms with Crippen LogP contribution < -0.4 is 10.1 Å². The van der Waals surface area contributed by atoms with E-state index in [0.717, 1.165) is 5.56 Å². The van der Waals surface area contributed by atoms with Crippen LogP contribution in [0.2, 0.25) is 0 Å². The Kier molecular flexibility index (Phi) is 4.86. The van der Waals surface area contributed by atoms with Crippen molar-refractivity contribution in [2.24, 2.45) is 0 Å². The van der Waals surface area contributed by atoms with Gasteiger partial charge in [0.2, 0.25) is 0 Å². The second-order valence-corrected chi connectivity index (χ2v) is 8.29. The summed E-state index contributed by atoms with van der Waals surface area (Å²) < 4.78 is 13.6. The van der Waals surface area contributed by atoms with Crippen molar-refractivity contribution in [2.75, 3.05) is 13.6 Å². The molecule has 3 aromatic heterocycles. The van der Waals surface area contributed by atoms with Crippen LogP contribution in [-0.2, 0) is 0 Å². The van der Waals surface area contributed by atoms with E-state index in [1.165, 1.54) is 0 Å². The van der Waals surface area contributed by atoms with Gasteiger partial charge in [-0.25, -0.2) is 4.52 Å². The van der Waals surface area contributed by atoms with Crippen molar-refractivity contribution in [3.8, 4) is 11.5 Å². The van der Waals surface area contributed by atoms with Crippen LogP contribution in [-0.4, -0.2) is 57.2 Å². The Morgan fingerprint density at radius 3 is 2.76 bits per heavy atom. The van der Waals surface area contributed by atoms with Gasteiger partial charge in [0.15, 0.2) is 5.75 Å². The van der Waals surface area contributed by atoms with E-state index in [0.29, 0.717) is 51.4 Å². The van der Waals surface area contributed by atoms with Crippen molar-refractivity contribution in [3.63, 3.8) is 0 Å². The number of nitrogens with one attached hydrogen (secondary N) is 1. The van der Waals surface area contributed by atoms with Gasteiger partial charge < -0.3 is 24.5 Å². The first-order valence-corrected chi connectivity index (χ1v) is 10.7. The molecule has 170 valence electrons. The van der Waals surface area contributed by atoms with Crippen LogP contribution in [0, 0.1) is 13.8 Å². The second kappa shape index (κ2) is 7.63. The third-order valence-corrected chi connectivity index (χ3v) is 6.33. The van der Waals surface area contributed by atoms with Crippen molar-refractivity contribution >= 4 is 28.3 Å². The van der Waals surface area contributed by atoms with Crippen LogP contribution in [0.3, 0.4) is 0 Å². The average molecular weight is 448 g/mol. The third kappa shape index (κ3) is 3.23. The lowest BCUT2D eigenvalue weighted by Gasteiger charge is -2.43. The lowest BCUT2D eigenvalue weighted by atomic mass is 9.99. The molecule has 0 saturated carbocycles. The molecule has 2 atom stereocenters. The summed E-state index contributed by atoms with van der Waals surface area (Å²) in [4.78, 5) is 26.8. The average Bonchev–Trinajstić information content (AvgIpc) is 3.32. The lowest BCUT2D eigenvalue weighted by Crippen LogP contribution is -2.60. The normalized spacial score (nSPS) is 17.9. The predicted molar refractivity (Wildman–Crippen MR) is 121 cm³/mol. The number of aromatic nitrogens is 2. The standard InChI is InChI=1S/C24H24N4O5/c1-12-17(24(31)27-11-18(29)13(27)2)10-28-22(12)19(7-8-26-28)33-15-5-6-16-20(9-15)32-14(3)21(16)23(30)25-4/h5-10,13,18,29H,11H2,1-4H3,(H,25,30)/t13-,18+/m1/s1. The van der Waals surface area contributed by atoms with Crippen molar-refractivity contribution in [1.29, 1.82) is 0 Å². The number of aliphatic hydroxyl groups is 1. The number of ether oxygens (including phenoxy) is 1. The molecule has 5 rings (SSSR count). The zero-order chi connectivity index (χ0) is 23.4. The van der Waals surface area contributed by atoms with Gasteiger partial charge in [-0.2, -0.15) is 5.10 Å². The predicted octanol–water partition coefficient (Wildman–Crippen LogP) is 3.05. The van der Waals surface area contributed by atoms with E-state index < -0.39 is 6.10 Å². The molecule has 9 nitrogen and oxygen atoms in total. The summed E-state index contributed by atoms with van der Waals surface area (Å²) in [5, 5.41) is 17.4. The highest BCUT2D eigenvalue weighted by Crippen LogP contribution is 2.34. The molecule has 2 N–H and O–H groups in total. The van der Waals surface area contributed by atoms with Crippen molar-refractivity contribution in [3.05, 3.63) is 59.1 Å². The number of benzene rings is 1. The molecule has 0 unspecified atom stereocenters. The van der Waals surface area contributed by atoms with E-state index >= 15 is 0 Å². The highest BCUT2D eigenvalue weighted by molar-refractivity contribution is 6.07. The highest BCUT2D eigenvalue weighted by atomic mass is 16.5. The summed E-state index contributed by atoms with van der Waals surface area (Å²) in [6.45, 7) is 5.75. The first-order chi connectivity index (χ1) is 15.8. The molecule has 4 heterocycles. The fourth-order valence-electron chi connectivity index (χ4n) is 4.33. The molecule has 1 aliphatic rings. The Balaban J connectivity index is 1.51. The Morgan fingerprint density at radius 1 is 1.27 bits per heavy atom. The number of β-amino-alcohol motifs (C(OH)–C–C–N with tert-alkyl or cyclic N) is 1. The number of aryl methyl sites for hydroxylation is 2. The molecule has 1 saturated heterocycles. The van der Waals surface area contributed by atoms with Gasteiger partial charge in [0.1, 0.15) is 22.6 Å². The number of carbonyl (C=O) groups excluding carboxylic acids is 2. The molecule has 2 amide bonds. The summed E-state index contributed by atoms with van der Waals surface area (Å²) in [6, 6.07) is 6.82. The van der Waals surface area contributed by atoms with Gasteiger partial charge in [0.25, 0.3) is 11.8 Å². The van der Waals surface area contributed by atoms with Crippen molar-refractivity contribution in [1.82, 2.24) is 19.8 Å². The quantitative estimate of drug-likeness (QED) is 0.497. The molecular weight excluding hydrogens is 424 g/mol. The first kappa shape index (κ1) is 21.0. The zero-order valence-electron chi connectivity index (χ0n) is 18.7. The van der Waals surface area contributed by atoms with Gasteiger partial charge in [-0.1, -0.05) is 0 Å². The number of likely N-dealkylation sites (tertiary alicyclic amines) is 1. The summed E-state index contributed by atoms with van der Waals surface area (Å²) in [5.74, 6) is 1.24. The van der Waals surface area contributed by atoms with E-state index in [-0.39, 0.29) is 17.9 Å². The monoisotopic (exact) mass is 448 g/mol. The van der Waals surface area contributed by atoms with Gasteiger partial charge in [0.05, 0.1) is 29.5 Å². The van der Waals surface area contributed by atoms with Gasteiger partial charge in [-0.15, -0.1) is 0 Å². The van der Waals surface area contributed by atoms with Crippen LogP contribution in [0.25, 0.3) is 16.5 Å². The Hall–Kier alpha value is -3.85. The minimum atomic E-state index is -0.493. The molecule has 0 spiro atoms. The summed E-state index contributed by atoms with van der Waals surface area (Å²) in [5.41, 5.74) is 2.98. The number of carbonyl (C=O) groups is 2. The van der Waals surface area contributed by atoms with Crippen LogP contribution in [0.15, 0.2) is 41.1 Å². The van der Waals surface area contributed by atoms with Crippen molar-refractivity contribution in [2.45, 2.75) is 32.9 Å². The van der Waals surface area contributed by atoms with E-state index in [9.17, 15) is 14.7 Å². The minimum Gasteiger partial charge on any atom is -0.460 e. The minimum absolute atomic E-state index is 0.143. The van der Waals surface area contributed by atoms with Gasteiger partial charge in [-0.05, 0) is 38.5 Å². The van der Waals surface area contributed by atoms with Gasteiger partial charge in [-0.3, -0.25) is 9.59 Å². The number of nitrogens with zero attached hydrogens (tertiary/aromatic N) is 3. The zero-order valence-corrected chi connectivity index (χ0v) is 18.7. The molecule has 1 aliphatic heterocycles. The van der Waals surface area contributed by atoms with Gasteiger partial charge >= 0.3 is 0 Å². The van der Waals surface area contributed by atoms with Crippen LogP contribution >= 0.6 is 0 Å². The maximum atomic E-state index is 13.0. The number of fused-ring (bicyclic) bond motifs is 2.